The van der Waals surface area contributed by atoms with E-state index in [1.54, 1.807) is 0 Å². The summed E-state index contributed by atoms with van der Waals surface area (Å²) in [6.45, 7) is 4.51. The smallest absolute Gasteiger partial charge is 0.274 e. The van der Waals surface area contributed by atoms with Crippen LogP contribution in [0.25, 0.3) is 0 Å². The van der Waals surface area contributed by atoms with Gasteiger partial charge < -0.3 is 10.2 Å². The number of hydrogen-bond acceptors (Lipinski definition) is 3. The molecule has 1 heterocycles. The predicted molar refractivity (Wildman–Crippen MR) is 95.9 cm³/mol. The number of hydrogen-bond donors (Lipinski definition) is 2. The largest absolute Gasteiger partial charge is 0.352 e. The lowest BCUT2D eigenvalue weighted by Gasteiger charge is -2.38. The van der Waals surface area contributed by atoms with Crippen LogP contribution >= 0.6 is 0 Å². The van der Waals surface area contributed by atoms with Gasteiger partial charge in [-0.2, -0.15) is 5.10 Å². The van der Waals surface area contributed by atoms with Gasteiger partial charge in [0.25, 0.3) is 5.91 Å². The summed E-state index contributed by atoms with van der Waals surface area (Å²) < 4.78 is 13.6. The van der Waals surface area contributed by atoms with E-state index >= 15 is 0 Å². The molecule has 0 aromatic carbocycles. The van der Waals surface area contributed by atoms with Crippen molar-refractivity contribution in [2.45, 2.75) is 58.4 Å². The van der Waals surface area contributed by atoms with Crippen LogP contribution in [0.1, 0.15) is 62.9 Å². The molecule has 2 fully saturated rings. The van der Waals surface area contributed by atoms with Crippen molar-refractivity contribution >= 4 is 11.8 Å². The molecular formula is C19H29FN4O2. The number of likely N-dealkylation sites (N-methyl/N-ethyl adjacent to an activating group) is 1. The zero-order valence-electron chi connectivity index (χ0n) is 15.6. The zero-order chi connectivity index (χ0) is 18.7. The fourth-order valence-electron chi connectivity index (χ4n) is 4.62. The third-order valence-corrected chi connectivity index (χ3v) is 5.86. The lowest BCUT2D eigenvalue weighted by atomic mass is 9.68. The van der Waals surface area contributed by atoms with Gasteiger partial charge in [-0.1, -0.05) is 19.3 Å². The van der Waals surface area contributed by atoms with Gasteiger partial charge in [-0.25, -0.2) is 4.39 Å². The molecule has 0 radical (unpaired) electrons. The molecule has 1 aromatic heterocycles. The van der Waals surface area contributed by atoms with Crippen LogP contribution in [0, 0.1) is 23.6 Å². The summed E-state index contributed by atoms with van der Waals surface area (Å²) >= 11 is 0. The van der Waals surface area contributed by atoms with E-state index in [2.05, 4.69) is 15.5 Å². The minimum atomic E-state index is -0.654. The molecule has 0 saturated heterocycles. The fraction of sp³-hybridized carbons (Fsp3) is 0.737. The third-order valence-electron chi connectivity index (χ3n) is 5.86. The lowest BCUT2D eigenvalue weighted by molar-refractivity contribution is -0.128. The molecule has 6 nitrogen and oxygen atoms in total. The van der Waals surface area contributed by atoms with E-state index in [-0.39, 0.29) is 23.6 Å². The van der Waals surface area contributed by atoms with Gasteiger partial charge in [0.1, 0.15) is 0 Å². The monoisotopic (exact) mass is 364 g/mol. The van der Waals surface area contributed by atoms with Crippen molar-refractivity contribution in [3.8, 4) is 0 Å². The Hall–Kier alpha value is -1.92. The van der Waals surface area contributed by atoms with Crippen LogP contribution < -0.4 is 5.32 Å². The summed E-state index contributed by atoms with van der Waals surface area (Å²) in [4.78, 5) is 26.6. The maximum Gasteiger partial charge on any atom is 0.274 e. The summed E-state index contributed by atoms with van der Waals surface area (Å²) in [6, 6.07) is -0.181. The molecule has 2 N–H and O–H groups in total. The number of aromatic amines is 1. The van der Waals surface area contributed by atoms with Gasteiger partial charge in [0, 0.05) is 25.0 Å². The average Bonchev–Trinajstić information content (AvgIpc) is 3.04. The topological polar surface area (TPSA) is 78.1 Å². The van der Waals surface area contributed by atoms with Gasteiger partial charge in [-0.15, -0.1) is 0 Å². The van der Waals surface area contributed by atoms with E-state index < -0.39 is 11.7 Å². The molecule has 2 saturated carbocycles. The average molecular weight is 364 g/mol. The SMILES string of the molecule is CCN(CC(C)NC(=O)C1C[C@H]2CCC[C@@H](C1)C2)C(=O)c1[nH]ncc1F. The number of fused-ring (bicyclic) bond motifs is 2. The number of nitrogens with one attached hydrogen (secondary N) is 2. The van der Waals surface area contributed by atoms with Gasteiger partial charge in [0.15, 0.2) is 11.5 Å². The Morgan fingerprint density at radius 3 is 2.62 bits per heavy atom. The van der Waals surface area contributed by atoms with Crippen molar-refractivity contribution in [3.05, 3.63) is 17.7 Å². The van der Waals surface area contributed by atoms with Gasteiger partial charge in [0.05, 0.1) is 6.20 Å². The Kier molecular flexibility index (Phi) is 5.94. The molecule has 2 bridgehead atoms. The minimum absolute atomic E-state index is 0.0947. The number of rotatable bonds is 6. The van der Waals surface area contributed by atoms with Gasteiger partial charge >= 0.3 is 0 Å². The molecule has 0 aliphatic heterocycles. The third kappa shape index (κ3) is 4.24. The number of carbonyl (C=O) groups is 2. The van der Waals surface area contributed by atoms with Gasteiger partial charge in [-0.05, 0) is 44.9 Å². The molecule has 2 unspecified atom stereocenters. The normalized spacial score (nSPS) is 26.2. The summed E-state index contributed by atoms with van der Waals surface area (Å²) in [7, 11) is 0. The molecule has 1 aromatic rings. The molecule has 144 valence electrons. The minimum Gasteiger partial charge on any atom is -0.352 e. The van der Waals surface area contributed by atoms with E-state index in [4.69, 9.17) is 0 Å². The standard InChI is InChI=1S/C19H29FN4O2/c1-3-24(19(26)17-16(20)10-21-23-17)11-12(2)22-18(25)15-8-13-5-4-6-14(7-13)9-15/h10,12-15H,3-9,11H2,1-2H3,(H,21,23)(H,22,25)/t12?,13-,14+,15?. The van der Waals surface area contributed by atoms with Crippen molar-refractivity contribution in [2.24, 2.45) is 17.8 Å². The number of aromatic nitrogens is 2. The highest BCUT2D eigenvalue weighted by Crippen LogP contribution is 2.42. The Morgan fingerprint density at radius 2 is 2.04 bits per heavy atom. The summed E-state index contributed by atoms with van der Waals surface area (Å²) in [5.41, 5.74) is -0.134. The number of halogens is 1. The quantitative estimate of drug-likeness (QED) is 0.815. The molecule has 7 heteroatoms. The first-order chi connectivity index (χ1) is 12.5. The summed E-state index contributed by atoms with van der Waals surface area (Å²) in [5.74, 6) is 0.508. The van der Waals surface area contributed by atoms with Crippen molar-refractivity contribution < 1.29 is 14.0 Å². The first-order valence-corrected chi connectivity index (χ1v) is 9.76. The number of carbonyl (C=O) groups excluding carboxylic acids is 2. The zero-order valence-corrected chi connectivity index (χ0v) is 15.6. The first kappa shape index (κ1) is 18.9. The lowest BCUT2D eigenvalue weighted by Crippen LogP contribution is -2.47. The van der Waals surface area contributed by atoms with Crippen LogP contribution in [-0.2, 0) is 4.79 Å². The first-order valence-electron chi connectivity index (χ1n) is 9.76. The molecule has 2 aliphatic carbocycles. The Labute approximate surface area is 153 Å². The molecular weight excluding hydrogens is 335 g/mol. The number of nitrogens with zero attached hydrogens (tertiary/aromatic N) is 2. The van der Waals surface area contributed by atoms with Gasteiger partial charge in [0.2, 0.25) is 5.91 Å². The van der Waals surface area contributed by atoms with E-state index in [1.165, 1.54) is 30.6 Å². The van der Waals surface area contributed by atoms with Crippen molar-refractivity contribution in [3.63, 3.8) is 0 Å². The predicted octanol–water partition coefficient (Wildman–Crippen LogP) is 2.73. The van der Waals surface area contributed by atoms with E-state index in [1.807, 2.05) is 13.8 Å². The molecule has 0 spiro atoms. The molecule has 2 amide bonds. The molecule has 4 atom stereocenters. The van der Waals surface area contributed by atoms with E-state index in [9.17, 15) is 14.0 Å². The van der Waals surface area contributed by atoms with Crippen LogP contribution in [0.4, 0.5) is 4.39 Å². The highest BCUT2D eigenvalue weighted by molar-refractivity contribution is 5.92. The van der Waals surface area contributed by atoms with Crippen molar-refractivity contribution in [1.29, 1.82) is 0 Å². The second kappa shape index (κ2) is 8.18. The van der Waals surface area contributed by atoms with Crippen LogP contribution in [0.5, 0.6) is 0 Å². The highest BCUT2D eigenvalue weighted by atomic mass is 19.1. The Balaban J connectivity index is 1.53. The van der Waals surface area contributed by atoms with E-state index in [0.29, 0.717) is 24.9 Å². The van der Waals surface area contributed by atoms with Crippen LogP contribution in [0.3, 0.4) is 0 Å². The van der Waals surface area contributed by atoms with Crippen molar-refractivity contribution in [1.82, 2.24) is 20.4 Å². The summed E-state index contributed by atoms with van der Waals surface area (Å²) in [5, 5.41) is 9.03. The molecule has 2 aliphatic rings. The Morgan fingerprint density at radius 1 is 1.35 bits per heavy atom. The Bertz CT molecular complexity index is 635. The van der Waals surface area contributed by atoms with Crippen LogP contribution in [-0.4, -0.2) is 46.0 Å². The highest BCUT2D eigenvalue weighted by Gasteiger charge is 2.35. The van der Waals surface area contributed by atoms with Crippen LogP contribution in [0.2, 0.25) is 0 Å². The number of amides is 2. The maximum absolute atomic E-state index is 13.6. The summed E-state index contributed by atoms with van der Waals surface area (Å²) in [6.07, 6.45) is 8.07. The molecule has 26 heavy (non-hydrogen) atoms. The van der Waals surface area contributed by atoms with E-state index in [0.717, 1.165) is 19.0 Å². The second-order valence-electron chi connectivity index (χ2n) is 7.91. The maximum atomic E-state index is 13.6. The number of H-pyrrole nitrogens is 1. The van der Waals surface area contributed by atoms with Crippen molar-refractivity contribution in [2.75, 3.05) is 13.1 Å². The fourth-order valence-corrected chi connectivity index (χ4v) is 4.62. The van der Waals surface area contributed by atoms with Crippen LogP contribution in [0.15, 0.2) is 6.20 Å². The second-order valence-corrected chi connectivity index (χ2v) is 7.91. The van der Waals surface area contributed by atoms with Gasteiger partial charge in [-0.3, -0.25) is 14.7 Å². The molecule has 3 rings (SSSR count).